The molecule has 2 heterocycles. The summed E-state index contributed by atoms with van der Waals surface area (Å²) < 4.78 is 3.82. The SMILES string of the molecule is C[n+]1ccn(-c2ccc([N+](=O)[O-])c[n+]2[O-])c1. The number of imidazole rings is 1. The zero-order chi connectivity index (χ0) is 11.7. The number of nitrogens with zero attached hydrogens (tertiary/aromatic N) is 4. The van der Waals surface area contributed by atoms with Gasteiger partial charge >= 0.3 is 5.69 Å². The third-order valence-corrected chi connectivity index (χ3v) is 2.12. The molecule has 0 aliphatic heterocycles. The molecule has 2 aromatic heterocycles. The van der Waals surface area contributed by atoms with Gasteiger partial charge in [-0.2, -0.15) is 4.57 Å². The first-order valence-corrected chi connectivity index (χ1v) is 4.49. The van der Waals surface area contributed by atoms with Gasteiger partial charge in [0, 0.05) is 12.1 Å². The van der Waals surface area contributed by atoms with E-state index in [2.05, 4.69) is 0 Å². The Morgan fingerprint density at radius 1 is 1.44 bits per heavy atom. The lowest BCUT2D eigenvalue weighted by molar-refractivity contribution is -0.671. The van der Waals surface area contributed by atoms with Crippen molar-refractivity contribution in [2.45, 2.75) is 0 Å². The summed E-state index contributed by atoms with van der Waals surface area (Å²) >= 11 is 0. The minimum Gasteiger partial charge on any atom is -0.710 e. The minimum absolute atomic E-state index is 0.227. The number of rotatable bonds is 2. The first-order chi connectivity index (χ1) is 7.58. The predicted molar refractivity (Wildman–Crippen MR) is 52.6 cm³/mol. The van der Waals surface area contributed by atoms with Crippen molar-refractivity contribution in [1.82, 2.24) is 4.57 Å². The van der Waals surface area contributed by atoms with E-state index in [1.54, 1.807) is 27.9 Å². The molecule has 0 spiro atoms. The molecule has 0 amide bonds. The molecule has 0 fully saturated rings. The monoisotopic (exact) mass is 221 g/mol. The maximum atomic E-state index is 11.5. The lowest BCUT2D eigenvalue weighted by atomic mass is 10.4. The summed E-state index contributed by atoms with van der Waals surface area (Å²) in [5, 5.41) is 22.0. The van der Waals surface area contributed by atoms with Crippen molar-refractivity contribution in [2.24, 2.45) is 7.05 Å². The van der Waals surface area contributed by atoms with Gasteiger partial charge in [-0.3, -0.25) is 10.1 Å². The first kappa shape index (κ1) is 10.1. The second-order valence-corrected chi connectivity index (χ2v) is 3.31. The van der Waals surface area contributed by atoms with Crippen LogP contribution in [0.4, 0.5) is 5.69 Å². The molecule has 0 bridgehead atoms. The van der Waals surface area contributed by atoms with Crippen LogP contribution in [0.3, 0.4) is 0 Å². The smallest absolute Gasteiger partial charge is 0.308 e. The van der Waals surface area contributed by atoms with Crippen LogP contribution in [-0.2, 0) is 7.05 Å². The van der Waals surface area contributed by atoms with E-state index in [9.17, 15) is 15.3 Å². The average Bonchev–Trinajstić information content (AvgIpc) is 2.64. The van der Waals surface area contributed by atoms with Gasteiger partial charge in [-0.05, 0) is 0 Å². The number of nitro groups is 1. The maximum absolute atomic E-state index is 11.5. The lowest BCUT2D eigenvalue weighted by Gasteiger charge is -2.05. The molecule has 0 unspecified atom stereocenters. The van der Waals surface area contributed by atoms with Crippen molar-refractivity contribution in [2.75, 3.05) is 0 Å². The van der Waals surface area contributed by atoms with Crippen LogP contribution in [0, 0.1) is 15.3 Å². The highest BCUT2D eigenvalue weighted by Crippen LogP contribution is 2.09. The van der Waals surface area contributed by atoms with Crippen LogP contribution in [0.15, 0.2) is 37.1 Å². The van der Waals surface area contributed by atoms with Crippen molar-refractivity contribution in [1.29, 1.82) is 0 Å². The van der Waals surface area contributed by atoms with Gasteiger partial charge in [0.25, 0.3) is 12.1 Å². The predicted octanol–water partition coefficient (Wildman–Crippen LogP) is -0.157. The van der Waals surface area contributed by atoms with Crippen molar-refractivity contribution in [3.8, 4) is 5.82 Å². The summed E-state index contributed by atoms with van der Waals surface area (Å²) in [4.78, 5) is 9.84. The van der Waals surface area contributed by atoms with E-state index < -0.39 is 4.92 Å². The molecule has 0 radical (unpaired) electrons. The Hall–Kier alpha value is -2.44. The van der Waals surface area contributed by atoms with Crippen LogP contribution >= 0.6 is 0 Å². The Balaban J connectivity index is 2.47. The zero-order valence-electron chi connectivity index (χ0n) is 8.48. The quantitative estimate of drug-likeness (QED) is 0.306. The van der Waals surface area contributed by atoms with E-state index in [-0.39, 0.29) is 5.69 Å². The molecule has 2 rings (SSSR count). The topological polar surface area (TPSA) is 78.9 Å². The highest BCUT2D eigenvalue weighted by molar-refractivity contribution is 5.28. The molecule has 82 valence electrons. The van der Waals surface area contributed by atoms with E-state index in [0.29, 0.717) is 10.5 Å². The third kappa shape index (κ3) is 1.70. The summed E-state index contributed by atoms with van der Waals surface area (Å²) in [6, 6.07) is 2.70. The summed E-state index contributed by atoms with van der Waals surface area (Å²) in [5.74, 6) is 0.311. The van der Waals surface area contributed by atoms with Gasteiger partial charge in [-0.1, -0.05) is 0 Å². The van der Waals surface area contributed by atoms with Crippen molar-refractivity contribution < 1.29 is 14.2 Å². The Morgan fingerprint density at radius 3 is 2.69 bits per heavy atom. The van der Waals surface area contributed by atoms with Crippen molar-refractivity contribution in [3.63, 3.8) is 0 Å². The normalized spacial score (nSPS) is 10.3. The van der Waals surface area contributed by atoms with Crippen LogP contribution < -0.4 is 9.30 Å². The lowest BCUT2D eigenvalue weighted by Crippen LogP contribution is -2.32. The van der Waals surface area contributed by atoms with Crippen LogP contribution in [0.25, 0.3) is 5.82 Å². The Kier molecular flexibility index (Phi) is 2.28. The molecular weight excluding hydrogens is 212 g/mol. The molecule has 16 heavy (non-hydrogen) atoms. The van der Waals surface area contributed by atoms with Crippen LogP contribution in [0.1, 0.15) is 0 Å². The largest absolute Gasteiger partial charge is 0.710 e. The van der Waals surface area contributed by atoms with Crippen LogP contribution in [-0.4, -0.2) is 9.49 Å². The first-order valence-electron chi connectivity index (χ1n) is 4.49. The molecule has 0 atom stereocenters. The third-order valence-electron chi connectivity index (χ3n) is 2.12. The van der Waals surface area contributed by atoms with E-state index >= 15 is 0 Å². The molecular formula is C9H9N4O3+. The van der Waals surface area contributed by atoms with E-state index in [1.807, 2.05) is 7.05 Å². The number of pyridine rings is 1. The fraction of sp³-hybridized carbons (Fsp3) is 0.111. The van der Waals surface area contributed by atoms with Gasteiger partial charge in [-0.25, -0.2) is 9.30 Å². The van der Waals surface area contributed by atoms with Crippen molar-refractivity contribution in [3.05, 3.63) is 52.4 Å². The van der Waals surface area contributed by atoms with E-state index in [0.717, 1.165) is 6.20 Å². The molecule has 7 nitrogen and oxygen atoms in total. The number of aryl methyl sites for hydroxylation is 1. The van der Waals surface area contributed by atoms with Gasteiger partial charge in [0.1, 0.15) is 12.4 Å². The zero-order valence-corrected chi connectivity index (χ0v) is 8.48. The standard InChI is InChI=1S/C9H9N4O3/c1-10-4-5-11(7-10)9-3-2-8(13(15)16)6-12(9)14/h2-7H,1H3/q+1. The second kappa shape index (κ2) is 3.61. The molecule has 0 N–H and O–H groups in total. The minimum atomic E-state index is -0.603. The molecule has 0 aliphatic carbocycles. The fourth-order valence-corrected chi connectivity index (χ4v) is 1.36. The summed E-state index contributed by atoms with van der Waals surface area (Å²) in [5.41, 5.74) is -0.227. The Bertz CT molecular complexity index is 549. The van der Waals surface area contributed by atoms with E-state index in [1.165, 1.54) is 12.1 Å². The highest BCUT2D eigenvalue weighted by Gasteiger charge is 2.14. The summed E-state index contributed by atoms with van der Waals surface area (Å²) in [6.07, 6.45) is 6.09. The molecule has 7 heteroatoms. The van der Waals surface area contributed by atoms with Crippen molar-refractivity contribution >= 4 is 5.69 Å². The van der Waals surface area contributed by atoms with Gasteiger partial charge in [0.15, 0.2) is 6.20 Å². The van der Waals surface area contributed by atoms with Gasteiger partial charge < -0.3 is 5.21 Å². The fourth-order valence-electron chi connectivity index (χ4n) is 1.36. The van der Waals surface area contributed by atoms with Gasteiger partial charge in [0.2, 0.25) is 0 Å². The molecule has 0 saturated carbocycles. The van der Waals surface area contributed by atoms with Crippen LogP contribution in [0.5, 0.6) is 0 Å². The maximum Gasteiger partial charge on any atom is 0.308 e. The molecule has 0 aliphatic rings. The van der Waals surface area contributed by atoms with E-state index in [4.69, 9.17) is 0 Å². The number of hydrogen-bond donors (Lipinski definition) is 0. The second-order valence-electron chi connectivity index (χ2n) is 3.31. The average molecular weight is 221 g/mol. The Morgan fingerprint density at radius 2 is 2.19 bits per heavy atom. The highest BCUT2D eigenvalue weighted by atomic mass is 16.6. The van der Waals surface area contributed by atoms with Gasteiger partial charge in [0.05, 0.1) is 12.0 Å². The number of hydrogen-bond acceptors (Lipinski definition) is 3. The van der Waals surface area contributed by atoms with Crippen LogP contribution in [0.2, 0.25) is 0 Å². The molecule has 0 saturated heterocycles. The van der Waals surface area contributed by atoms with Gasteiger partial charge in [-0.15, -0.1) is 0 Å². The summed E-state index contributed by atoms with van der Waals surface area (Å²) in [6.45, 7) is 0. The summed E-state index contributed by atoms with van der Waals surface area (Å²) in [7, 11) is 1.82. The molecule has 2 aromatic rings. The molecule has 0 aromatic carbocycles. The number of aromatic nitrogens is 3. The Labute approximate surface area is 90.5 Å².